The maximum Gasteiger partial charge on any atom is 0.0107 e. The van der Waals surface area contributed by atoms with Crippen molar-refractivity contribution in [2.75, 3.05) is 32.7 Å². The first-order valence-electron chi connectivity index (χ1n) is 6.86. The minimum absolute atomic E-state index is 0.753. The quantitative estimate of drug-likeness (QED) is 0.725. The third-order valence-electron chi connectivity index (χ3n) is 3.85. The average molecular weight is 232 g/mol. The summed E-state index contributed by atoms with van der Waals surface area (Å²) in [6.07, 6.45) is 1.26. The fraction of sp³-hybridized carbons (Fsp3) is 0.600. The van der Waals surface area contributed by atoms with Crippen LogP contribution in [0.3, 0.4) is 0 Å². The van der Waals surface area contributed by atoms with Gasteiger partial charge in [-0.15, -0.1) is 0 Å². The number of benzene rings is 1. The summed E-state index contributed by atoms with van der Waals surface area (Å²) in [5.41, 5.74) is 3.10. The van der Waals surface area contributed by atoms with Gasteiger partial charge in [-0.05, 0) is 30.6 Å². The Balaban J connectivity index is 1.65. The number of hydrogen-bond donors (Lipinski definition) is 1. The van der Waals surface area contributed by atoms with Gasteiger partial charge in [-0.2, -0.15) is 0 Å². The second-order valence-electron chi connectivity index (χ2n) is 4.83. The minimum Gasteiger partial charge on any atom is -0.315 e. The molecule has 0 aliphatic heterocycles. The number of nitrogens with zero attached hydrogens (tertiary/aromatic N) is 1. The van der Waals surface area contributed by atoms with Crippen LogP contribution >= 0.6 is 0 Å². The van der Waals surface area contributed by atoms with E-state index >= 15 is 0 Å². The molecule has 0 bridgehead atoms. The summed E-state index contributed by atoms with van der Waals surface area (Å²) in [5, 5.41) is 3.59. The van der Waals surface area contributed by atoms with E-state index < -0.39 is 0 Å². The molecule has 0 saturated carbocycles. The first-order chi connectivity index (χ1) is 8.35. The van der Waals surface area contributed by atoms with E-state index in [0.717, 1.165) is 32.1 Å². The first-order valence-corrected chi connectivity index (χ1v) is 6.86. The predicted octanol–water partition coefficient (Wildman–Crippen LogP) is 2.26. The fourth-order valence-corrected chi connectivity index (χ4v) is 2.60. The highest BCUT2D eigenvalue weighted by molar-refractivity contribution is 5.40. The van der Waals surface area contributed by atoms with E-state index in [1.807, 2.05) is 0 Å². The van der Waals surface area contributed by atoms with Crippen LogP contribution in [0.15, 0.2) is 24.3 Å². The molecule has 1 aliphatic rings. The number of fused-ring (bicyclic) bond motifs is 1. The molecule has 1 aromatic carbocycles. The van der Waals surface area contributed by atoms with Gasteiger partial charge in [0.2, 0.25) is 0 Å². The zero-order valence-corrected chi connectivity index (χ0v) is 11.1. The van der Waals surface area contributed by atoms with Crippen LogP contribution in [0.5, 0.6) is 0 Å². The molecule has 2 rings (SSSR count). The van der Waals surface area contributed by atoms with Crippen molar-refractivity contribution in [2.24, 2.45) is 0 Å². The van der Waals surface area contributed by atoms with Crippen molar-refractivity contribution < 1.29 is 0 Å². The van der Waals surface area contributed by atoms with Gasteiger partial charge in [0.15, 0.2) is 0 Å². The van der Waals surface area contributed by atoms with E-state index in [4.69, 9.17) is 0 Å². The van der Waals surface area contributed by atoms with Crippen molar-refractivity contribution in [3.63, 3.8) is 0 Å². The van der Waals surface area contributed by atoms with Crippen LogP contribution in [0.2, 0.25) is 0 Å². The van der Waals surface area contributed by atoms with E-state index in [0.29, 0.717) is 0 Å². The van der Waals surface area contributed by atoms with Crippen molar-refractivity contribution in [3.05, 3.63) is 35.4 Å². The largest absolute Gasteiger partial charge is 0.315 e. The maximum atomic E-state index is 3.59. The third kappa shape index (κ3) is 3.08. The first kappa shape index (κ1) is 12.6. The van der Waals surface area contributed by atoms with E-state index in [2.05, 4.69) is 48.3 Å². The summed E-state index contributed by atoms with van der Waals surface area (Å²) in [4.78, 5) is 2.46. The zero-order valence-electron chi connectivity index (χ0n) is 11.1. The van der Waals surface area contributed by atoms with Crippen molar-refractivity contribution in [1.82, 2.24) is 10.2 Å². The smallest absolute Gasteiger partial charge is 0.0107 e. The molecule has 0 amide bonds. The van der Waals surface area contributed by atoms with Gasteiger partial charge in [0.05, 0.1) is 0 Å². The topological polar surface area (TPSA) is 15.3 Å². The lowest BCUT2D eigenvalue weighted by molar-refractivity contribution is 0.300. The molecule has 0 aromatic heterocycles. The summed E-state index contributed by atoms with van der Waals surface area (Å²) in [6.45, 7) is 10.2. The van der Waals surface area contributed by atoms with Gasteiger partial charge in [-0.25, -0.2) is 0 Å². The lowest BCUT2D eigenvalue weighted by Gasteiger charge is -2.30. The van der Waals surface area contributed by atoms with Gasteiger partial charge in [0.25, 0.3) is 0 Å². The molecule has 1 aromatic rings. The van der Waals surface area contributed by atoms with Crippen LogP contribution in [0, 0.1) is 0 Å². The second-order valence-corrected chi connectivity index (χ2v) is 4.83. The summed E-state index contributed by atoms with van der Waals surface area (Å²) in [6, 6.07) is 8.82. The van der Waals surface area contributed by atoms with Crippen molar-refractivity contribution in [2.45, 2.75) is 26.2 Å². The van der Waals surface area contributed by atoms with Crippen LogP contribution in [-0.2, 0) is 6.42 Å². The molecule has 2 nitrogen and oxygen atoms in total. The van der Waals surface area contributed by atoms with Crippen molar-refractivity contribution >= 4 is 0 Å². The van der Waals surface area contributed by atoms with Gasteiger partial charge >= 0.3 is 0 Å². The number of rotatable bonds is 7. The average Bonchev–Trinajstić information content (AvgIpc) is 2.34. The Morgan fingerprint density at radius 1 is 1.24 bits per heavy atom. The van der Waals surface area contributed by atoms with E-state index in [9.17, 15) is 0 Å². The van der Waals surface area contributed by atoms with Gasteiger partial charge in [0.1, 0.15) is 0 Å². The molecule has 17 heavy (non-hydrogen) atoms. The van der Waals surface area contributed by atoms with Crippen molar-refractivity contribution in [1.29, 1.82) is 0 Å². The highest BCUT2D eigenvalue weighted by Crippen LogP contribution is 2.33. The lowest BCUT2D eigenvalue weighted by Crippen LogP contribution is -2.35. The predicted molar refractivity (Wildman–Crippen MR) is 73.5 cm³/mol. The summed E-state index contributed by atoms with van der Waals surface area (Å²) < 4.78 is 0. The van der Waals surface area contributed by atoms with Crippen molar-refractivity contribution in [3.8, 4) is 0 Å². The molecule has 0 fully saturated rings. The molecule has 2 heteroatoms. The van der Waals surface area contributed by atoms with Gasteiger partial charge in [-0.3, -0.25) is 0 Å². The normalized spacial score (nSPS) is 17.9. The Hall–Kier alpha value is -0.860. The summed E-state index contributed by atoms with van der Waals surface area (Å²) >= 11 is 0. The Bertz CT molecular complexity index is 345. The Kier molecular flexibility index (Phi) is 4.57. The molecular weight excluding hydrogens is 208 g/mol. The Morgan fingerprint density at radius 3 is 2.71 bits per heavy atom. The highest BCUT2D eigenvalue weighted by atomic mass is 15.1. The second kappa shape index (κ2) is 6.18. The van der Waals surface area contributed by atoms with Gasteiger partial charge in [-0.1, -0.05) is 38.1 Å². The van der Waals surface area contributed by atoms with Gasteiger partial charge in [0, 0.05) is 25.6 Å². The zero-order chi connectivity index (χ0) is 12.1. The fourth-order valence-electron chi connectivity index (χ4n) is 2.60. The number of likely N-dealkylation sites (N-methyl/N-ethyl adjacent to an activating group) is 1. The van der Waals surface area contributed by atoms with Gasteiger partial charge < -0.3 is 10.2 Å². The van der Waals surface area contributed by atoms with E-state index in [1.54, 1.807) is 11.1 Å². The lowest BCUT2D eigenvalue weighted by atomic mass is 9.78. The van der Waals surface area contributed by atoms with Crippen LogP contribution in [-0.4, -0.2) is 37.6 Å². The molecule has 1 aliphatic carbocycles. The monoisotopic (exact) mass is 232 g/mol. The van der Waals surface area contributed by atoms with Crippen LogP contribution in [0.25, 0.3) is 0 Å². The van der Waals surface area contributed by atoms with E-state index in [-0.39, 0.29) is 0 Å². The Labute approximate surface area is 105 Å². The number of hydrogen-bond acceptors (Lipinski definition) is 2. The molecule has 0 spiro atoms. The Morgan fingerprint density at radius 2 is 2.00 bits per heavy atom. The third-order valence-corrected chi connectivity index (χ3v) is 3.85. The highest BCUT2D eigenvalue weighted by Gasteiger charge is 2.24. The summed E-state index contributed by atoms with van der Waals surface area (Å²) in [7, 11) is 0. The van der Waals surface area contributed by atoms with Crippen LogP contribution < -0.4 is 5.32 Å². The molecule has 0 radical (unpaired) electrons. The van der Waals surface area contributed by atoms with Crippen LogP contribution in [0.1, 0.15) is 30.9 Å². The molecule has 0 heterocycles. The summed E-state index contributed by atoms with van der Waals surface area (Å²) in [5.74, 6) is 0.753. The standard InChI is InChI=1S/C15H24N2/c1-3-17(4-2)10-9-16-12-14-11-13-7-5-6-8-15(13)14/h5-8,14,16H,3-4,9-12H2,1-2H3. The molecule has 1 N–H and O–H groups in total. The van der Waals surface area contributed by atoms with E-state index in [1.165, 1.54) is 13.0 Å². The van der Waals surface area contributed by atoms with Crippen LogP contribution in [0.4, 0.5) is 0 Å². The molecule has 1 unspecified atom stereocenters. The molecule has 94 valence electrons. The molecule has 0 saturated heterocycles. The molecular formula is C15H24N2. The minimum atomic E-state index is 0.753. The molecule has 1 atom stereocenters. The number of nitrogens with one attached hydrogen (secondary N) is 1. The maximum absolute atomic E-state index is 3.59. The SMILES string of the molecule is CCN(CC)CCNCC1Cc2ccccc21.